The molecule has 0 aliphatic heterocycles. The molecule has 1 N–H and O–H groups in total. The average molecular weight is 435 g/mol. The van der Waals surface area contributed by atoms with E-state index in [1.54, 1.807) is 25.6 Å². The van der Waals surface area contributed by atoms with Crippen LogP contribution in [0.3, 0.4) is 0 Å². The molecule has 0 saturated heterocycles. The molecule has 1 heterocycles. The Balaban J connectivity index is 1.82. The first-order valence-corrected chi connectivity index (χ1v) is 10.9. The van der Waals surface area contributed by atoms with Crippen LogP contribution in [0.2, 0.25) is 5.02 Å². The van der Waals surface area contributed by atoms with E-state index >= 15 is 0 Å². The van der Waals surface area contributed by atoms with Gasteiger partial charge in [-0.15, -0.1) is 0 Å². The normalized spacial score (nSPS) is 11.6. The van der Waals surface area contributed by atoms with Crippen molar-refractivity contribution in [2.75, 3.05) is 0 Å². The summed E-state index contributed by atoms with van der Waals surface area (Å²) in [5.74, 6) is 0.911. The maximum Gasteiger partial charge on any atom is 0.141 e. The van der Waals surface area contributed by atoms with E-state index < -0.39 is 5.60 Å². The minimum absolute atomic E-state index is 0.719. The quantitative estimate of drug-likeness (QED) is 0.376. The highest BCUT2D eigenvalue weighted by atomic mass is 35.5. The molecular weight excluding hydrogens is 412 g/mol. The van der Waals surface area contributed by atoms with Crippen molar-refractivity contribution in [2.24, 2.45) is 7.05 Å². The van der Waals surface area contributed by atoms with Crippen molar-refractivity contribution in [3.63, 3.8) is 0 Å². The minimum Gasteiger partial charge on any atom is -0.386 e. The zero-order valence-electron chi connectivity index (χ0n) is 17.1. The van der Waals surface area contributed by atoms with Crippen LogP contribution in [0.4, 0.5) is 0 Å². The monoisotopic (exact) mass is 434 g/mol. The molecule has 0 bridgehead atoms. The Kier molecular flexibility index (Phi) is 5.74. The van der Waals surface area contributed by atoms with E-state index in [2.05, 4.69) is 16.7 Å². The Hall–Kier alpha value is -2.53. The highest BCUT2D eigenvalue weighted by Gasteiger charge is 2.20. The lowest BCUT2D eigenvalue weighted by Gasteiger charge is -2.17. The second kappa shape index (κ2) is 8.31. The van der Waals surface area contributed by atoms with Gasteiger partial charge >= 0.3 is 0 Å². The molecule has 0 saturated carbocycles. The maximum absolute atomic E-state index is 10.3. The third-order valence-corrected chi connectivity index (χ3v) is 6.39. The van der Waals surface area contributed by atoms with Gasteiger partial charge in [0.25, 0.3) is 0 Å². The lowest BCUT2D eigenvalue weighted by Crippen LogP contribution is -2.14. The summed E-state index contributed by atoms with van der Waals surface area (Å²) in [6, 6.07) is 26.0. The number of nitrogens with zero attached hydrogens (tertiary/aromatic N) is 2. The Morgan fingerprint density at radius 2 is 1.50 bits per heavy atom. The number of aromatic nitrogens is 2. The van der Waals surface area contributed by atoms with Gasteiger partial charge in [-0.3, -0.25) is 0 Å². The molecule has 1 aromatic heterocycles. The van der Waals surface area contributed by atoms with Crippen LogP contribution in [-0.2, 0) is 12.6 Å². The first kappa shape index (κ1) is 20.7. The van der Waals surface area contributed by atoms with Crippen LogP contribution in [-0.4, -0.2) is 14.7 Å². The second-order valence-corrected chi connectivity index (χ2v) is 9.21. The van der Waals surface area contributed by atoms with E-state index in [9.17, 15) is 5.11 Å². The highest BCUT2D eigenvalue weighted by molar-refractivity contribution is 7.99. The van der Waals surface area contributed by atoms with Gasteiger partial charge in [0.1, 0.15) is 16.5 Å². The summed E-state index contributed by atoms with van der Waals surface area (Å²) >= 11 is 7.72. The van der Waals surface area contributed by atoms with Crippen LogP contribution in [0, 0.1) is 0 Å². The number of halogens is 1. The Labute approximate surface area is 186 Å². The Bertz CT molecular complexity index is 1140. The lowest BCUT2D eigenvalue weighted by molar-refractivity contribution is 0.0786. The standard InChI is InChI=1S/C25H23ClN2OS/c1-25(2,29)19-11-9-17(10-12-19)22-24(30-21-15-13-20(26)14-16-21)28(3)23(27-22)18-7-5-4-6-8-18/h4-16,29H,1-3H3. The van der Waals surface area contributed by atoms with Crippen molar-refractivity contribution in [2.45, 2.75) is 29.4 Å². The summed E-state index contributed by atoms with van der Waals surface area (Å²) < 4.78 is 2.13. The Morgan fingerprint density at radius 1 is 0.867 bits per heavy atom. The number of benzene rings is 3. The van der Waals surface area contributed by atoms with Crippen LogP contribution in [0.15, 0.2) is 88.8 Å². The number of rotatable bonds is 5. The largest absolute Gasteiger partial charge is 0.386 e. The fourth-order valence-electron chi connectivity index (χ4n) is 3.28. The van der Waals surface area contributed by atoms with Crippen molar-refractivity contribution in [3.8, 4) is 22.6 Å². The minimum atomic E-state index is -0.876. The summed E-state index contributed by atoms with van der Waals surface area (Å²) in [5.41, 5.74) is 2.99. The van der Waals surface area contributed by atoms with Crippen molar-refractivity contribution >= 4 is 23.4 Å². The van der Waals surface area contributed by atoms with E-state index in [4.69, 9.17) is 16.6 Å². The van der Waals surface area contributed by atoms with E-state index in [1.807, 2.05) is 73.8 Å². The molecule has 0 amide bonds. The first-order chi connectivity index (χ1) is 14.3. The number of hydrogen-bond acceptors (Lipinski definition) is 3. The van der Waals surface area contributed by atoms with Crippen LogP contribution in [0.5, 0.6) is 0 Å². The van der Waals surface area contributed by atoms with Gasteiger partial charge in [-0.25, -0.2) is 4.98 Å². The average Bonchev–Trinajstić information content (AvgIpc) is 3.06. The van der Waals surface area contributed by atoms with Crippen molar-refractivity contribution < 1.29 is 5.11 Å². The predicted octanol–water partition coefficient (Wildman–Crippen LogP) is 6.79. The van der Waals surface area contributed by atoms with Crippen LogP contribution < -0.4 is 0 Å². The second-order valence-electron chi connectivity index (χ2n) is 7.71. The summed E-state index contributed by atoms with van der Waals surface area (Å²) in [6.07, 6.45) is 0. The molecule has 0 radical (unpaired) electrons. The van der Waals surface area contributed by atoms with Crippen molar-refractivity contribution in [1.29, 1.82) is 0 Å². The van der Waals surface area contributed by atoms with Gasteiger partial charge in [-0.2, -0.15) is 0 Å². The van der Waals surface area contributed by atoms with Crippen LogP contribution >= 0.6 is 23.4 Å². The van der Waals surface area contributed by atoms with Gasteiger partial charge in [-0.1, -0.05) is 78.0 Å². The molecule has 0 aliphatic rings. The summed E-state index contributed by atoms with van der Waals surface area (Å²) in [5, 5.41) is 12.1. The highest BCUT2D eigenvalue weighted by Crippen LogP contribution is 2.39. The maximum atomic E-state index is 10.3. The van der Waals surface area contributed by atoms with E-state index in [1.165, 1.54) is 0 Å². The molecule has 0 aliphatic carbocycles. The topological polar surface area (TPSA) is 38.0 Å². The zero-order valence-corrected chi connectivity index (χ0v) is 18.7. The molecule has 4 aromatic rings. The molecule has 0 unspecified atom stereocenters. The molecule has 30 heavy (non-hydrogen) atoms. The summed E-state index contributed by atoms with van der Waals surface area (Å²) in [7, 11) is 2.04. The fraction of sp³-hybridized carbons (Fsp3) is 0.160. The predicted molar refractivity (Wildman–Crippen MR) is 125 cm³/mol. The van der Waals surface area contributed by atoms with Gasteiger partial charge in [0.15, 0.2) is 0 Å². The van der Waals surface area contributed by atoms with Crippen molar-refractivity contribution in [3.05, 3.63) is 89.4 Å². The smallest absolute Gasteiger partial charge is 0.141 e. The molecule has 3 aromatic carbocycles. The number of hydrogen-bond donors (Lipinski definition) is 1. The van der Waals surface area contributed by atoms with Gasteiger partial charge in [0, 0.05) is 28.1 Å². The lowest BCUT2D eigenvalue weighted by atomic mass is 9.97. The van der Waals surface area contributed by atoms with Crippen molar-refractivity contribution in [1.82, 2.24) is 9.55 Å². The van der Waals surface area contributed by atoms with Gasteiger partial charge in [-0.05, 0) is 43.7 Å². The number of aliphatic hydroxyl groups is 1. The van der Waals surface area contributed by atoms with E-state index in [0.29, 0.717) is 0 Å². The molecule has 3 nitrogen and oxygen atoms in total. The SMILES string of the molecule is Cn1c(-c2ccccc2)nc(-c2ccc(C(C)(C)O)cc2)c1Sc1ccc(Cl)cc1. The van der Waals surface area contributed by atoms with Gasteiger partial charge in [0.05, 0.1) is 5.60 Å². The molecular formula is C25H23ClN2OS. The van der Waals surface area contributed by atoms with Crippen LogP contribution in [0.1, 0.15) is 19.4 Å². The fourth-order valence-corrected chi connectivity index (χ4v) is 4.39. The summed E-state index contributed by atoms with van der Waals surface area (Å²) in [4.78, 5) is 6.10. The first-order valence-electron chi connectivity index (χ1n) is 9.72. The number of imidazole rings is 1. The molecule has 0 fully saturated rings. The van der Waals surface area contributed by atoms with E-state index in [-0.39, 0.29) is 0 Å². The van der Waals surface area contributed by atoms with Crippen LogP contribution in [0.25, 0.3) is 22.6 Å². The zero-order chi connectivity index (χ0) is 21.3. The van der Waals surface area contributed by atoms with Gasteiger partial charge in [0.2, 0.25) is 0 Å². The third kappa shape index (κ3) is 4.31. The van der Waals surface area contributed by atoms with Gasteiger partial charge < -0.3 is 9.67 Å². The molecule has 152 valence electrons. The molecule has 0 spiro atoms. The molecule has 4 rings (SSSR count). The molecule has 0 atom stereocenters. The molecule has 5 heteroatoms. The summed E-state index contributed by atoms with van der Waals surface area (Å²) in [6.45, 7) is 3.58. The van der Waals surface area contributed by atoms with E-state index in [0.717, 1.165) is 43.2 Å². The third-order valence-electron chi connectivity index (χ3n) is 4.97. The Morgan fingerprint density at radius 3 is 2.10 bits per heavy atom.